The Hall–Kier alpha value is -3.75. The summed E-state index contributed by atoms with van der Waals surface area (Å²) >= 11 is 0. The van der Waals surface area contributed by atoms with Crippen LogP contribution in [0.15, 0.2) is 36.4 Å². The monoisotopic (exact) mass is 497 g/mol. The number of methoxy groups -OCH3 is 3. The molecule has 2 N–H and O–H groups in total. The van der Waals surface area contributed by atoms with E-state index in [-0.39, 0.29) is 30.9 Å². The Morgan fingerprint density at radius 3 is 2.17 bits per heavy atom. The number of amides is 3. The van der Waals surface area contributed by atoms with Crippen LogP contribution in [0.3, 0.4) is 0 Å². The number of nitrogens with zero attached hydrogens (tertiary/aromatic N) is 1. The lowest BCUT2D eigenvalue weighted by molar-refractivity contribution is -0.125. The Labute approximate surface area is 212 Å². The fourth-order valence-corrected chi connectivity index (χ4v) is 4.45. The number of benzene rings is 2. The smallest absolute Gasteiger partial charge is 0.254 e. The zero-order chi connectivity index (χ0) is 26.1. The standard InChI is InChI=1S/C27H35N3O6/c1-18-9-8-10-20(13-18)29-24(31)16-28-25(32)17-30(21-11-6-5-7-12-21)27(33)19-14-22(34-2)26(36-4)23(15-19)35-3/h8-10,13-15,21H,5-7,11-12,16-17H2,1-4H3,(H,28,32)(H,29,31). The quantitative estimate of drug-likeness (QED) is 0.520. The summed E-state index contributed by atoms with van der Waals surface area (Å²) in [6.07, 6.45) is 4.72. The van der Waals surface area contributed by atoms with Gasteiger partial charge in [-0.05, 0) is 49.6 Å². The second-order valence-corrected chi connectivity index (χ2v) is 8.83. The lowest BCUT2D eigenvalue weighted by Crippen LogP contribution is -2.48. The first kappa shape index (κ1) is 26.8. The highest BCUT2D eigenvalue weighted by Gasteiger charge is 2.29. The van der Waals surface area contributed by atoms with E-state index in [0.29, 0.717) is 28.5 Å². The van der Waals surface area contributed by atoms with Crippen molar-refractivity contribution in [2.24, 2.45) is 0 Å². The van der Waals surface area contributed by atoms with E-state index in [1.54, 1.807) is 23.1 Å². The van der Waals surface area contributed by atoms with Crippen LogP contribution in [-0.2, 0) is 9.59 Å². The first-order chi connectivity index (χ1) is 17.4. The molecule has 9 nitrogen and oxygen atoms in total. The van der Waals surface area contributed by atoms with Crippen LogP contribution in [0.5, 0.6) is 17.2 Å². The fraction of sp³-hybridized carbons (Fsp3) is 0.444. The van der Waals surface area contributed by atoms with E-state index < -0.39 is 5.91 Å². The Bertz CT molecular complexity index is 1060. The summed E-state index contributed by atoms with van der Waals surface area (Å²) in [5.74, 6) is 0.0654. The van der Waals surface area contributed by atoms with E-state index >= 15 is 0 Å². The van der Waals surface area contributed by atoms with Crippen LogP contribution in [0, 0.1) is 6.92 Å². The molecule has 194 valence electrons. The van der Waals surface area contributed by atoms with Crippen molar-refractivity contribution in [2.45, 2.75) is 45.1 Å². The van der Waals surface area contributed by atoms with Gasteiger partial charge in [0.05, 0.1) is 27.9 Å². The summed E-state index contributed by atoms with van der Waals surface area (Å²) in [6.45, 7) is 1.59. The van der Waals surface area contributed by atoms with Gasteiger partial charge in [-0.3, -0.25) is 14.4 Å². The second-order valence-electron chi connectivity index (χ2n) is 8.83. The molecule has 3 rings (SSSR count). The molecule has 0 spiro atoms. The van der Waals surface area contributed by atoms with Gasteiger partial charge in [-0.1, -0.05) is 31.4 Å². The zero-order valence-electron chi connectivity index (χ0n) is 21.4. The van der Waals surface area contributed by atoms with Gasteiger partial charge in [0.2, 0.25) is 17.6 Å². The van der Waals surface area contributed by atoms with E-state index in [4.69, 9.17) is 14.2 Å². The minimum atomic E-state index is -0.402. The molecular formula is C27H35N3O6. The van der Waals surface area contributed by atoms with Crippen LogP contribution >= 0.6 is 0 Å². The number of hydrogen-bond donors (Lipinski definition) is 2. The predicted molar refractivity (Wildman–Crippen MR) is 137 cm³/mol. The van der Waals surface area contributed by atoms with Crippen molar-refractivity contribution in [1.29, 1.82) is 0 Å². The highest BCUT2D eigenvalue weighted by Crippen LogP contribution is 2.39. The Kier molecular flexibility index (Phi) is 9.55. The van der Waals surface area contributed by atoms with Crippen LogP contribution in [0.2, 0.25) is 0 Å². The molecule has 0 bridgehead atoms. The predicted octanol–water partition coefficient (Wildman–Crippen LogP) is 3.55. The van der Waals surface area contributed by atoms with Crippen molar-refractivity contribution < 1.29 is 28.6 Å². The van der Waals surface area contributed by atoms with Crippen LogP contribution < -0.4 is 24.8 Å². The lowest BCUT2D eigenvalue weighted by Gasteiger charge is -2.34. The van der Waals surface area contributed by atoms with Gasteiger partial charge < -0.3 is 29.7 Å². The minimum absolute atomic E-state index is 0.0720. The number of carbonyl (C=O) groups excluding carboxylic acids is 3. The van der Waals surface area contributed by atoms with E-state index in [1.807, 2.05) is 25.1 Å². The maximum atomic E-state index is 13.6. The lowest BCUT2D eigenvalue weighted by atomic mass is 9.93. The summed E-state index contributed by atoms with van der Waals surface area (Å²) in [4.78, 5) is 40.4. The first-order valence-corrected chi connectivity index (χ1v) is 12.1. The highest BCUT2D eigenvalue weighted by atomic mass is 16.5. The molecule has 1 aliphatic carbocycles. The molecule has 0 saturated heterocycles. The van der Waals surface area contributed by atoms with Crippen molar-refractivity contribution >= 4 is 23.4 Å². The van der Waals surface area contributed by atoms with Gasteiger partial charge in [-0.25, -0.2) is 0 Å². The molecule has 36 heavy (non-hydrogen) atoms. The number of anilines is 1. The average Bonchev–Trinajstić information content (AvgIpc) is 2.89. The molecule has 3 amide bonds. The molecule has 2 aromatic carbocycles. The molecule has 0 atom stereocenters. The van der Waals surface area contributed by atoms with E-state index in [1.165, 1.54) is 21.3 Å². The van der Waals surface area contributed by atoms with E-state index in [9.17, 15) is 14.4 Å². The molecule has 0 aliphatic heterocycles. The van der Waals surface area contributed by atoms with Crippen LogP contribution in [-0.4, -0.2) is 63.1 Å². The SMILES string of the molecule is COc1cc(C(=O)N(CC(=O)NCC(=O)Nc2cccc(C)c2)C2CCCCC2)cc(OC)c1OC. The molecule has 1 fully saturated rings. The summed E-state index contributed by atoms with van der Waals surface area (Å²) < 4.78 is 16.2. The Morgan fingerprint density at radius 2 is 1.58 bits per heavy atom. The maximum Gasteiger partial charge on any atom is 0.254 e. The molecule has 1 saturated carbocycles. The Morgan fingerprint density at radius 1 is 0.917 bits per heavy atom. The van der Waals surface area contributed by atoms with Crippen LogP contribution in [0.1, 0.15) is 48.0 Å². The highest BCUT2D eigenvalue weighted by molar-refractivity contribution is 5.99. The maximum absolute atomic E-state index is 13.6. The molecule has 9 heteroatoms. The number of ether oxygens (including phenoxy) is 3. The first-order valence-electron chi connectivity index (χ1n) is 12.1. The molecular weight excluding hydrogens is 462 g/mol. The number of nitrogens with one attached hydrogen (secondary N) is 2. The van der Waals surface area contributed by atoms with E-state index in [2.05, 4.69) is 10.6 Å². The summed E-state index contributed by atoms with van der Waals surface area (Å²) in [6, 6.07) is 10.5. The third-order valence-electron chi connectivity index (χ3n) is 6.25. The van der Waals surface area contributed by atoms with Crippen molar-refractivity contribution in [1.82, 2.24) is 10.2 Å². The van der Waals surface area contributed by atoms with Crippen LogP contribution in [0.4, 0.5) is 5.69 Å². The van der Waals surface area contributed by atoms with Crippen LogP contribution in [0.25, 0.3) is 0 Å². The topological polar surface area (TPSA) is 106 Å². The molecule has 0 unspecified atom stereocenters. The fourth-order valence-electron chi connectivity index (χ4n) is 4.45. The molecule has 0 aromatic heterocycles. The molecule has 0 heterocycles. The number of hydrogen-bond acceptors (Lipinski definition) is 6. The zero-order valence-corrected chi connectivity index (χ0v) is 21.4. The Balaban J connectivity index is 1.73. The molecule has 0 radical (unpaired) electrons. The van der Waals surface area contributed by atoms with Gasteiger partial charge in [0, 0.05) is 17.3 Å². The van der Waals surface area contributed by atoms with E-state index in [0.717, 1.165) is 37.7 Å². The van der Waals surface area contributed by atoms with Crippen molar-refractivity contribution in [3.63, 3.8) is 0 Å². The van der Waals surface area contributed by atoms with Gasteiger partial charge in [0.1, 0.15) is 6.54 Å². The van der Waals surface area contributed by atoms with Crippen molar-refractivity contribution in [2.75, 3.05) is 39.7 Å². The van der Waals surface area contributed by atoms with Crippen molar-refractivity contribution in [3.05, 3.63) is 47.5 Å². The average molecular weight is 498 g/mol. The number of carbonyl (C=O) groups is 3. The molecule has 2 aromatic rings. The number of aryl methyl sites for hydroxylation is 1. The number of rotatable bonds is 10. The van der Waals surface area contributed by atoms with Gasteiger partial charge in [0.15, 0.2) is 11.5 Å². The van der Waals surface area contributed by atoms with Crippen molar-refractivity contribution in [3.8, 4) is 17.2 Å². The minimum Gasteiger partial charge on any atom is -0.493 e. The summed E-state index contributed by atoms with van der Waals surface area (Å²) in [5.41, 5.74) is 2.01. The largest absolute Gasteiger partial charge is 0.493 e. The third-order valence-corrected chi connectivity index (χ3v) is 6.25. The second kappa shape index (κ2) is 12.8. The van der Waals surface area contributed by atoms with Gasteiger partial charge in [-0.2, -0.15) is 0 Å². The summed E-state index contributed by atoms with van der Waals surface area (Å²) in [5, 5.41) is 5.41. The molecule has 1 aliphatic rings. The van der Waals surface area contributed by atoms with Gasteiger partial charge in [-0.15, -0.1) is 0 Å². The normalized spacial score (nSPS) is 13.4. The van der Waals surface area contributed by atoms with Gasteiger partial charge >= 0.3 is 0 Å². The van der Waals surface area contributed by atoms with Gasteiger partial charge in [0.25, 0.3) is 5.91 Å². The third kappa shape index (κ3) is 6.90. The summed E-state index contributed by atoms with van der Waals surface area (Å²) in [7, 11) is 4.47.